The van der Waals surface area contributed by atoms with Crippen LogP contribution >= 0.6 is 11.6 Å². The second-order valence-corrected chi connectivity index (χ2v) is 13.7. The molecule has 4 aromatic carbocycles. The van der Waals surface area contributed by atoms with Crippen LogP contribution in [-0.4, -0.2) is 63.4 Å². The fourth-order valence-electron chi connectivity index (χ4n) is 7.25. The van der Waals surface area contributed by atoms with Crippen LogP contribution in [0.15, 0.2) is 91.0 Å². The number of H-pyrrole nitrogens is 2. The number of carbonyl (C=O) groups excluding carboxylic acids is 5. The number of esters is 1. The number of benzene rings is 4. The van der Waals surface area contributed by atoms with Gasteiger partial charge in [0.15, 0.2) is 0 Å². The minimum atomic E-state index is -0.434. The van der Waals surface area contributed by atoms with Gasteiger partial charge in [-0.1, -0.05) is 30.7 Å². The summed E-state index contributed by atoms with van der Waals surface area (Å²) < 4.78 is 19.6. The van der Waals surface area contributed by atoms with Crippen molar-refractivity contribution in [2.45, 2.75) is 31.6 Å². The summed E-state index contributed by atoms with van der Waals surface area (Å²) in [6.45, 7) is 0.618. The zero-order valence-corrected chi connectivity index (χ0v) is 29.5. The van der Waals surface area contributed by atoms with Gasteiger partial charge in [0.1, 0.15) is 23.0 Å². The number of carbonyl (C=O) groups is 5. The van der Waals surface area contributed by atoms with Crippen molar-refractivity contribution in [3.8, 4) is 5.75 Å². The van der Waals surface area contributed by atoms with Gasteiger partial charge in [-0.25, -0.2) is 4.39 Å². The largest absolute Gasteiger partial charge is 0.426 e. The molecular formula is C41H33ClFN5O6. The molecule has 4 amide bonds. The van der Waals surface area contributed by atoms with E-state index in [9.17, 15) is 28.4 Å². The number of amides is 4. The second-order valence-electron chi connectivity index (χ2n) is 13.4. The normalized spacial score (nSPS) is 15.2. The van der Waals surface area contributed by atoms with Gasteiger partial charge >= 0.3 is 5.97 Å². The van der Waals surface area contributed by atoms with Crippen LogP contribution in [-0.2, 0) is 14.4 Å². The van der Waals surface area contributed by atoms with E-state index in [-0.39, 0.29) is 41.6 Å². The summed E-state index contributed by atoms with van der Waals surface area (Å²) in [4.78, 5) is 72.9. The molecule has 0 aliphatic carbocycles. The number of imide groups is 1. The highest BCUT2D eigenvalue weighted by molar-refractivity contribution is 6.19. The first-order valence-corrected chi connectivity index (χ1v) is 18.1. The molecule has 0 spiro atoms. The fourth-order valence-corrected chi connectivity index (χ4v) is 7.50. The Morgan fingerprint density at radius 2 is 1.54 bits per heavy atom. The lowest BCUT2D eigenvalue weighted by Gasteiger charge is -2.18. The Kier molecular flexibility index (Phi) is 9.20. The lowest BCUT2D eigenvalue weighted by atomic mass is 9.95. The molecule has 2 aromatic heterocycles. The molecule has 2 aliphatic rings. The molecule has 6 aromatic rings. The number of fused-ring (bicyclic) bond motifs is 5. The molecule has 0 radical (unpaired) electrons. The molecule has 4 heterocycles. The van der Waals surface area contributed by atoms with Crippen LogP contribution in [0.5, 0.6) is 5.75 Å². The first kappa shape index (κ1) is 34.8. The van der Waals surface area contributed by atoms with E-state index in [0.717, 1.165) is 16.3 Å². The zero-order chi connectivity index (χ0) is 37.5. The first-order chi connectivity index (χ1) is 26.2. The molecule has 1 atom stereocenters. The molecule has 0 saturated heterocycles. The number of anilines is 2. The molecule has 2 aliphatic heterocycles. The van der Waals surface area contributed by atoms with Crippen LogP contribution in [0.4, 0.5) is 15.8 Å². The topological polar surface area (TPSA) is 145 Å². The number of nitrogens with zero attached hydrogens (tertiary/aromatic N) is 2. The van der Waals surface area contributed by atoms with Gasteiger partial charge in [-0.15, -0.1) is 11.6 Å². The predicted molar refractivity (Wildman–Crippen MR) is 204 cm³/mol. The van der Waals surface area contributed by atoms with Crippen molar-refractivity contribution in [2.75, 3.05) is 29.2 Å². The van der Waals surface area contributed by atoms with E-state index in [2.05, 4.69) is 15.3 Å². The molecule has 54 heavy (non-hydrogen) atoms. The average molecular weight is 746 g/mol. The Labute approximate surface area is 312 Å². The number of unbranched alkanes of at least 4 members (excludes halogenated alkanes) is 2. The van der Waals surface area contributed by atoms with Crippen molar-refractivity contribution in [2.24, 2.45) is 0 Å². The van der Waals surface area contributed by atoms with Gasteiger partial charge in [0, 0.05) is 82.4 Å². The molecule has 0 fully saturated rings. The molecule has 272 valence electrons. The summed E-state index contributed by atoms with van der Waals surface area (Å²) in [6, 6.07) is 22.1. The van der Waals surface area contributed by atoms with Gasteiger partial charge in [0.05, 0.1) is 5.69 Å². The number of hydrogen-bond acceptors (Lipinski definition) is 6. The third-order valence-electron chi connectivity index (χ3n) is 9.88. The van der Waals surface area contributed by atoms with E-state index in [1.807, 2.05) is 24.3 Å². The Bertz CT molecular complexity index is 2540. The maximum atomic E-state index is 14.2. The average Bonchev–Trinajstić information content (AvgIpc) is 3.95. The molecular weight excluding hydrogens is 713 g/mol. The smallest absolute Gasteiger partial charge is 0.311 e. The first-order valence-electron chi connectivity index (χ1n) is 17.6. The quantitative estimate of drug-likeness (QED) is 0.0410. The van der Waals surface area contributed by atoms with Crippen LogP contribution in [0.3, 0.4) is 0 Å². The standard InChI is InChI=1S/C41H33ClFN5O6/c42-21-25-22-48(41(53)33-19-24-17-27(10-12-31(24)46-33)44-40(52)32-18-23-16-26(43)9-11-30(23)45-32)34-20-35(28-6-3-4-7-29(28)39(25)34)54-38(51)8-2-1-5-15-47-36(49)13-14-37(47)50/h3-4,6-7,9-14,16-20,25,45-46H,1-2,5,8,15,21-22H2,(H,44,52)/t25-/m1/s1. The Morgan fingerprint density at radius 3 is 2.31 bits per heavy atom. The van der Waals surface area contributed by atoms with Gasteiger partial charge in [-0.2, -0.15) is 0 Å². The zero-order valence-electron chi connectivity index (χ0n) is 28.8. The van der Waals surface area contributed by atoms with Gasteiger partial charge in [0.2, 0.25) is 0 Å². The van der Waals surface area contributed by atoms with Gasteiger partial charge < -0.3 is 24.9 Å². The lowest BCUT2D eigenvalue weighted by Crippen LogP contribution is -2.30. The monoisotopic (exact) mass is 745 g/mol. The van der Waals surface area contributed by atoms with Crippen LogP contribution in [0.25, 0.3) is 32.6 Å². The van der Waals surface area contributed by atoms with Crippen LogP contribution in [0.2, 0.25) is 0 Å². The Morgan fingerprint density at radius 1 is 0.833 bits per heavy atom. The van der Waals surface area contributed by atoms with Gasteiger partial charge in [-0.05, 0) is 72.3 Å². The van der Waals surface area contributed by atoms with Crippen LogP contribution < -0.4 is 15.0 Å². The number of halogens is 2. The minimum absolute atomic E-state index is 0.137. The van der Waals surface area contributed by atoms with Gasteiger partial charge in [0.25, 0.3) is 23.6 Å². The molecule has 3 N–H and O–H groups in total. The van der Waals surface area contributed by atoms with E-state index in [0.29, 0.717) is 77.0 Å². The third kappa shape index (κ3) is 6.60. The van der Waals surface area contributed by atoms with Crippen molar-refractivity contribution >= 4 is 85.2 Å². The van der Waals surface area contributed by atoms with Crippen molar-refractivity contribution in [1.29, 1.82) is 0 Å². The third-order valence-corrected chi connectivity index (χ3v) is 10.3. The molecule has 0 saturated carbocycles. The highest BCUT2D eigenvalue weighted by atomic mass is 35.5. The SMILES string of the molecule is O=C(CCCCCN1C(=O)C=CC1=O)Oc1cc2c(c3ccccc13)[C@H](CCl)CN2C(=O)c1cc2cc(NC(=O)c3cc4cc(F)ccc4[nH]3)ccc2[nH]1. The fraction of sp³-hybridized carbons (Fsp3) is 0.195. The Hall–Kier alpha value is -6.27. The number of alkyl halides is 1. The molecule has 0 bridgehead atoms. The van der Waals surface area contributed by atoms with E-state index in [1.165, 1.54) is 29.2 Å². The van der Waals surface area contributed by atoms with Crippen molar-refractivity contribution < 1.29 is 33.1 Å². The van der Waals surface area contributed by atoms with E-state index < -0.39 is 17.7 Å². The van der Waals surface area contributed by atoms with E-state index >= 15 is 0 Å². The molecule has 11 nitrogen and oxygen atoms in total. The number of aromatic amines is 2. The second kappa shape index (κ2) is 14.3. The summed E-state index contributed by atoms with van der Waals surface area (Å²) >= 11 is 6.49. The highest BCUT2D eigenvalue weighted by Crippen LogP contribution is 2.46. The number of hydrogen-bond donors (Lipinski definition) is 3. The summed E-state index contributed by atoms with van der Waals surface area (Å²) in [5, 5.41) is 5.71. The van der Waals surface area contributed by atoms with Crippen molar-refractivity contribution in [3.05, 3.63) is 114 Å². The number of aromatic nitrogens is 2. The maximum absolute atomic E-state index is 14.2. The molecule has 13 heteroatoms. The summed E-state index contributed by atoms with van der Waals surface area (Å²) in [5.41, 5.74) is 3.95. The number of rotatable bonds is 11. The summed E-state index contributed by atoms with van der Waals surface area (Å²) in [7, 11) is 0. The van der Waals surface area contributed by atoms with Gasteiger partial charge in [-0.3, -0.25) is 28.9 Å². The lowest BCUT2D eigenvalue weighted by molar-refractivity contribution is -0.137. The van der Waals surface area contributed by atoms with Crippen molar-refractivity contribution in [3.63, 3.8) is 0 Å². The van der Waals surface area contributed by atoms with Crippen LogP contribution in [0, 0.1) is 5.82 Å². The summed E-state index contributed by atoms with van der Waals surface area (Å²) in [5.74, 6) is -1.74. The minimum Gasteiger partial charge on any atom is -0.426 e. The predicted octanol–water partition coefficient (Wildman–Crippen LogP) is 7.57. The number of nitrogens with one attached hydrogen (secondary N) is 3. The van der Waals surface area contributed by atoms with E-state index in [4.69, 9.17) is 16.3 Å². The highest BCUT2D eigenvalue weighted by Gasteiger charge is 2.36. The maximum Gasteiger partial charge on any atom is 0.311 e. The van der Waals surface area contributed by atoms with E-state index in [1.54, 1.807) is 47.4 Å². The molecule has 8 rings (SSSR count). The Balaban J connectivity index is 0.991. The molecule has 0 unspecified atom stereocenters. The van der Waals surface area contributed by atoms with Crippen LogP contribution in [0.1, 0.15) is 58.1 Å². The van der Waals surface area contributed by atoms with Crippen molar-refractivity contribution in [1.82, 2.24) is 14.9 Å². The summed E-state index contributed by atoms with van der Waals surface area (Å²) in [6.07, 6.45) is 4.36. The number of ether oxygens (including phenoxy) is 1.